The molecule has 1 aliphatic carbocycles. The lowest BCUT2D eigenvalue weighted by atomic mass is 9.58. The summed E-state index contributed by atoms with van der Waals surface area (Å²) in [7, 11) is 0. The number of hydrogen-bond donors (Lipinski definition) is 1. The van der Waals surface area contributed by atoms with Gasteiger partial charge in [-0.3, -0.25) is 4.79 Å². The van der Waals surface area contributed by atoms with Gasteiger partial charge in [0.05, 0.1) is 23.4 Å². The van der Waals surface area contributed by atoms with Crippen LogP contribution in [0.4, 0.5) is 0 Å². The summed E-state index contributed by atoms with van der Waals surface area (Å²) in [6.45, 7) is 2.25. The summed E-state index contributed by atoms with van der Waals surface area (Å²) < 4.78 is 0. The van der Waals surface area contributed by atoms with E-state index in [0.29, 0.717) is 19.5 Å². The molecule has 0 radical (unpaired) electrons. The largest absolute Gasteiger partial charge is 0.399 e. The fourth-order valence-corrected chi connectivity index (χ4v) is 4.11. The molecule has 2 aliphatic rings. The molecule has 2 atom stereocenters. The van der Waals surface area contributed by atoms with Crippen LogP contribution in [-0.2, 0) is 11.2 Å². The van der Waals surface area contributed by atoms with Gasteiger partial charge in [0.15, 0.2) is 5.41 Å². The Kier molecular flexibility index (Phi) is 4.72. The van der Waals surface area contributed by atoms with E-state index in [2.05, 4.69) is 18.2 Å². The van der Waals surface area contributed by atoms with E-state index in [1.54, 1.807) is 4.90 Å². The predicted molar refractivity (Wildman–Crippen MR) is 97.9 cm³/mol. The van der Waals surface area contributed by atoms with Gasteiger partial charge in [0, 0.05) is 31.8 Å². The maximum Gasteiger partial charge on any atom is 0.219 e. The zero-order valence-corrected chi connectivity index (χ0v) is 15.0. The first kappa shape index (κ1) is 18.2. The molecular formula is C21H19N5O. The minimum atomic E-state index is -1.61. The molecule has 2 unspecified atom stereocenters. The Labute approximate surface area is 158 Å². The van der Waals surface area contributed by atoms with Gasteiger partial charge in [-0.2, -0.15) is 15.8 Å². The smallest absolute Gasteiger partial charge is 0.219 e. The van der Waals surface area contributed by atoms with Crippen LogP contribution in [0, 0.1) is 51.2 Å². The zero-order valence-electron chi connectivity index (χ0n) is 15.0. The van der Waals surface area contributed by atoms with E-state index in [0.717, 1.165) is 11.1 Å². The lowest BCUT2D eigenvalue weighted by molar-refractivity contribution is -0.129. The van der Waals surface area contributed by atoms with Crippen molar-refractivity contribution in [1.82, 2.24) is 4.90 Å². The van der Waals surface area contributed by atoms with Crippen molar-refractivity contribution in [3.63, 3.8) is 0 Å². The first-order chi connectivity index (χ1) is 13.0. The average Bonchev–Trinajstić information content (AvgIpc) is 2.69. The van der Waals surface area contributed by atoms with Crippen molar-refractivity contribution < 1.29 is 4.79 Å². The summed E-state index contributed by atoms with van der Waals surface area (Å²) in [5.41, 5.74) is 6.57. The number of fused-ring (bicyclic) bond motifs is 1. The van der Waals surface area contributed by atoms with Crippen molar-refractivity contribution in [3.05, 3.63) is 58.8 Å². The summed E-state index contributed by atoms with van der Waals surface area (Å²) in [5, 5.41) is 29.5. The van der Waals surface area contributed by atoms with Crippen molar-refractivity contribution in [3.8, 4) is 18.2 Å². The molecule has 1 heterocycles. The van der Waals surface area contributed by atoms with Crippen molar-refractivity contribution in [1.29, 1.82) is 15.8 Å². The SMILES string of the molecule is CC(=O)N1CC=C2C(C#N)=C(N)C(C#N)(C#N)C(Cc3ccccc3)C2C1. The van der Waals surface area contributed by atoms with Crippen molar-refractivity contribution in [2.75, 3.05) is 13.1 Å². The molecule has 6 heteroatoms. The first-order valence-electron chi connectivity index (χ1n) is 8.71. The Balaban J connectivity index is 2.19. The van der Waals surface area contributed by atoms with Gasteiger partial charge in [0.2, 0.25) is 5.91 Å². The minimum absolute atomic E-state index is 0.0229. The number of nitrogens with zero attached hydrogens (tertiary/aromatic N) is 4. The summed E-state index contributed by atoms with van der Waals surface area (Å²) in [4.78, 5) is 13.6. The van der Waals surface area contributed by atoms with E-state index in [4.69, 9.17) is 5.73 Å². The molecule has 0 saturated heterocycles. The van der Waals surface area contributed by atoms with Crippen molar-refractivity contribution in [2.24, 2.45) is 23.0 Å². The highest BCUT2D eigenvalue weighted by atomic mass is 16.2. The average molecular weight is 357 g/mol. The van der Waals surface area contributed by atoms with Gasteiger partial charge in [-0.25, -0.2) is 0 Å². The first-order valence-corrected chi connectivity index (χ1v) is 8.71. The Morgan fingerprint density at radius 1 is 1.26 bits per heavy atom. The highest BCUT2D eigenvalue weighted by Gasteiger charge is 2.53. The van der Waals surface area contributed by atoms with Gasteiger partial charge in [-0.1, -0.05) is 36.4 Å². The molecule has 0 bridgehead atoms. The third-order valence-corrected chi connectivity index (χ3v) is 5.58. The topological polar surface area (TPSA) is 118 Å². The van der Waals surface area contributed by atoms with Gasteiger partial charge in [-0.05, 0) is 17.6 Å². The van der Waals surface area contributed by atoms with Gasteiger partial charge in [-0.15, -0.1) is 0 Å². The maximum atomic E-state index is 11.9. The number of nitrogens with two attached hydrogens (primary N) is 1. The van der Waals surface area contributed by atoms with Gasteiger partial charge in [0.1, 0.15) is 6.07 Å². The molecule has 3 rings (SSSR count). The molecule has 1 amide bonds. The number of allylic oxidation sites excluding steroid dienone is 2. The van der Waals surface area contributed by atoms with Crippen LogP contribution in [0.2, 0.25) is 0 Å². The summed E-state index contributed by atoms with van der Waals surface area (Å²) in [6.07, 6.45) is 2.28. The van der Waals surface area contributed by atoms with E-state index in [-0.39, 0.29) is 23.1 Å². The van der Waals surface area contributed by atoms with E-state index in [9.17, 15) is 20.6 Å². The van der Waals surface area contributed by atoms with Crippen molar-refractivity contribution in [2.45, 2.75) is 13.3 Å². The van der Waals surface area contributed by atoms with Crippen molar-refractivity contribution >= 4 is 5.91 Å². The third kappa shape index (κ3) is 2.84. The second kappa shape index (κ2) is 6.98. The Morgan fingerprint density at radius 2 is 1.93 bits per heavy atom. The van der Waals surface area contributed by atoms with Gasteiger partial charge in [0.25, 0.3) is 0 Å². The predicted octanol–water partition coefficient (Wildman–Crippen LogP) is 2.03. The van der Waals surface area contributed by atoms with E-state index < -0.39 is 11.3 Å². The number of nitriles is 3. The van der Waals surface area contributed by atoms with E-state index >= 15 is 0 Å². The molecule has 0 spiro atoms. The van der Waals surface area contributed by atoms with Crippen LogP contribution in [-0.4, -0.2) is 23.9 Å². The molecule has 2 N–H and O–H groups in total. The van der Waals surface area contributed by atoms with Crippen LogP contribution in [0.25, 0.3) is 0 Å². The highest BCUT2D eigenvalue weighted by Crippen LogP contribution is 2.50. The Hall–Kier alpha value is -3.56. The van der Waals surface area contributed by atoms with Crippen LogP contribution in [0.5, 0.6) is 0 Å². The number of carbonyl (C=O) groups is 1. The molecular weight excluding hydrogens is 338 g/mol. The Bertz CT molecular complexity index is 941. The number of carbonyl (C=O) groups excluding carboxylic acids is 1. The fraction of sp³-hybridized carbons (Fsp3) is 0.333. The third-order valence-electron chi connectivity index (χ3n) is 5.58. The zero-order chi connectivity index (χ0) is 19.6. The normalized spacial score (nSPS) is 23.3. The molecule has 0 saturated carbocycles. The highest BCUT2D eigenvalue weighted by molar-refractivity contribution is 5.74. The molecule has 0 fully saturated rings. The second-order valence-electron chi connectivity index (χ2n) is 6.92. The maximum absolute atomic E-state index is 11.9. The van der Waals surface area contributed by atoms with Crippen LogP contribution in [0.3, 0.4) is 0 Å². The van der Waals surface area contributed by atoms with Crippen LogP contribution >= 0.6 is 0 Å². The fourth-order valence-electron chi connectivity index (χ4n) is 4.11. The van der Waals surface area contributed by atoms with Crippen LogP contribution < -0.4 is 5.73 Å². The van der Waals surface area contributed by atoms with Crippen LogP contribution in [0.15, 0.2) is 53.3 Å². The monoisotopic (exact) mass is 357 g/mol. The molecule has 0 aromatic heterocycles. The second-order valence-corrected chi connectivity index (χ2v) is 6.92. The Morgan fingerprint density at radius 3 is 2.48 bits per heavy atom. The number of rotatable bonds is 2. The molecule has 1 aliphatic heterocycles. The minimum Gasteiger partial charge on any atom is -0.399 e. The summed E-state index contributed by atoms with van der Waals surface area (Å²) in [6, 6.07) is 15.9. The lowest BCUT2D eigenvalue weighted by Gasteiger charge is -2.45. The quantitative estimate of drug-likeness (QED) is 0.869. The standard InChI is InChI=1S/C21H19N5O/c1-14(27)26-8-7-16-17(10-22)20(25)21(12-23,13-24)19(18(16)11-26)9-15-5-3-2-4-6-15/h2-7,18-19H,8-9,11,25H2,1H3. The van der Waals surface area contributed by atoms with E-state index in [1.165, 1.54) is 6.92 Å². The summed E-state index contributed by atoms with van der Waals surface area (Å²) >= 11 is 0. The number of hydrogen-bond acceptors (Lipinski definition) is 5. The lowest BCUT2D eigenvalue weighted by Crippen LogP contribution is -2.50. The number of benzene rings is 1. The number of amides is 1. The van der Waals surface area contributed by atoms with Gasteiger partial charge >= 0.3 is 0 Å². The van der Waals surface area contributed by atoms with Crippen LogP contribution in [0.1, 0.15) is 12.5 Å². The molecule has 1 aromatic carbocycles. The van der Waals surface area contributed by atoms with E-state index in [1.807, 2.05) is 36.4 Å². The molecule has 134 valence electrons. The van der Waals surface area contributed by atoms with Gasteiger partial charge < -0.3 is 10.6 Å². The molecule has 27 heavy (non-hydrogen) atoms. The molecule has 1 aromatic rings. The summed E-state index contributed by atoms with van der Waals surface area (Å²) in [5.74, 6) is -0.839. The molecule has 6 nitrogen and oxygen atoms in total.